The van der Waals surface area contributed by atoms with Crippen LogP contribution in [0.1, 0.15) is 27.7 Å². The largest absolute Gasteiger partial charge is 0.328 e. The molecule has 5 heteroatoms. The maximum absolute atomic E-state index is 11.7. The van der Waals surface area contributed by atoms with Crippen molar-refractivity contribution in [3.05, 3.63) is 11.6 Å². The first kappa shape index (κ1) is 12.4. The van der Waals surface area contributed by atoms with Crippen molar-refractivity contribution in [2.75, 3.05) is 0 Å². The molecule has 0 atom stereocenters. The summed E-state index contributed by atoms with van der Waals surface area (Å²) in [6.07, 6.45) is 1.84. The molecule has 1 aliphatic rings. The molecular weight excluding hydrogens is 208 g/mol. The average molecular weight is 224 g/mol. The number of nitrogens with one attached hydrogen (secondary N) is 2. The van der Waals surface area contributed by atoms with E-state index >= 15 is 0 Å². The molecule has 0 aliphatic carbocycles. The van der Waals surface area contributed by atoms with Gasteiger partial charge < -0.3 is 0 Å². The molecule has 0 aromatic heterocycles. The Kier molecular flexibility index (Phi) is 3.16. The minimum Gasteiger partial charge on any atom is -0.277 e. The van der Waals surface area contributed by atoms with Crippen molar-refractivity contribution in [2.24, 2.45) is 11.3 Å². The minimum absolute atomic E-state index is 0.232. The summed E-state index contributed by atoms with van der Waals surface area (Å²) in [4.78, 5) is 34.4. The van der Waals surface area contributed by atoms with Gasteiger partial charge >= 0.3 is 6.03 Å². The number of amides is 4. The summed E-state index contributed by atoms with van der Waals surface area (Å²) >= 11 is 0. The Hall–Kier alpha value is -1.65. The fourth-order valence-corrected chi connectivity index (χ4v) is 1.62. The fraction of sp³-hybridized carbons (Fsp3) is 0.545. The Morgan fingerprint density at radius 3 is 2.00 bits per heavy atom. The van der Waals surface area contributed by atoms with E-state index in [1.165, 1.54) is 6.92 Å². The lowest BCUT2D eigenvalue weighted by atomic mass is 9.78. The van der Waals surface area contributed by atoms with E-state index in [-0.39, 0.29) is 5.92 Å². The van der Waals surface area contributed by atoms with Gasteiger partial charge in [0.15, 0.2) is 0 Å². The smallest absolute Gasteiger partial charge is 0.277 e. The fourth-order valence-electron chi connectivity index (χ4n) is 1.62. The molecule has 0 spiro atoms. The Morgan fingerprint density at radius 2 is 1.62 bits per heavy atom. The Labute approximate surface area is 94.3 Å². The lowest BCUT2D eigenvalue weighted by Crippen LogP contribution is -2.61. The van der Waals surface area contributed by atoms with E-state index in [1.807, 2.05) is 19.9 Å². The van der Waals surface area contributed by atoms with Gasteiger partial charge in [0.05, 0.1) is 0 Å². The van der Waals surface area contributed by atoms with E-state index < -0.39 is 23.3 Å². The van der Waals surface area contributed by atoms with Gasteiger partial charge in [-0.3, -0.25) is 20.2 Å². The number of barbiturate groups is 1. The van der Waals surface area contributed by atoms with Gasteiger partial charge in [-0.2, -0.15) is 0 Å². The molecule has 4 amide bonds. The van der Waals surface area contributed by atoms with Crippen molar-refractivity contribution in [3.63, 3.8) is 0 Å². The highest BCUT2D eigenvalue weighted by atomic mass is 16.2. The number of carbonyl (C=O) groups is 3. The molecule has 1 aliphatic heterocycles. The second-order valence-corrected chi connectivity index (χ2v) is 4.46. The van der Waals surface area contributed by atoms with Crippen molar-refractivity contribution in [2.45, 2.75) is 27.7 Å². The van der Waals surface area contributed by atoms with E-state index in [1.54, 1.807) is 6.92 Å². The Bertz CT molecular complexity index is 363. The first-order valence-electron chi connectivity index (χ1n) is 5.14. The van der Waals surface area contributed by atoms with E-state index in [4.69, 9.17) is 0 Å². The van der Waals surface area contributed by atoms with Gasteiger partial charge in [-0.15, -0.1) is 0 Å². The van der Waals surface area contributed by atoms with Gasteiger partial charge in [0.25, 0.3) is 0 Å². The van der Waals surface area contributed by atoms with Gasteiger partial charge in [0, 0.05) is 0 Å². The van der Waals surface area contributed by atoms with Gasteiger partial charge in [0.1, 0.15) is 5.41 Å². The predicted octanol–water partition coefficient (Wildman–Crippen LogP) is 0.961. The highest BCUT2D eigenvalue weighted by Crippen LogP contribution is 2.30. The van der Waals surface area contributed by atoms with Crippen LogP contribution in [0.5, 0.6) is 0 Å². The number of hydrogen-bond acceptors (Lipinski definition) is 3. The lowest BCUT2D eigenvalue weighted by molar-refractivity contribution is -0.140. The summed E-state index contributed by atoms with van der Waals surface area (Å²) in [6, 6.07) is -0.759. The molecule has 0 bridgehead atoms. The van der Waals surface area contributed by atoms with Crippen LogP contribution in [-0.4, -0.2) is 17.8 Å². The number of imide groups is 2. The monoisotopic (exact) mass is 224 g/mol. The average Bonchev–Trinajstić information content (AvgIpc) is 2.12. The van der Waals surface area contributed by atoms with Crippen LogP contribution >= 0.6 is 0 Å². The zero-order valence-electron chi connectivity index (χ0n) is 9.88. The topological polar surface area (TPSA) is 75.3 Å². The van der Waals surface area contributed by atoms with Crippen LogP contribution in [0.3, 0.4) is 0 Å². The maximum Gasteiger partial charge on any atom is 0.328 e. The van der Waals surface area contributed by atoms with Crippen LogP contribution < -0.4 is 10.6 Å². The van der Waals surface area contributed by atoms with Crippen LogP contribution in [0.2, 0.25) is 0 Å². The van der Waals surface area contributed by atoms with Crippen molar-refractivity contribution in [1.29, 1.82) is 0 Å². The second-order valence-electron chi connectivity index (χ2n) is 4.46. The molecule has 5 nitrogen and oxygen atoms in total. The van der Waals surface area contributed by atoms with Crippen LogP contribution in [0.4, 0.5) is 4.79 Å². The van der Waals surface area contributed by atoms with Gasteiger partial charge in [0.2, 0.25) is 11.8 Å². The third kappa shape index (κ3) is 1.98. The van der Waals surface area contributed by atoms with E-state index in [0.717, 1.165) is 0 Å². The van der Waals surface area contributed by atoms with Crippen LogP contribution in [-0.2, 0) is 9.59 Å². The van der Waals surface area contributed by atoms with Crippen molar-refractivity contribution >= 4 is 17.8 Å². The molecule has 1 heterocycles. The van der Waals surface area contributed by atoms with E-state index in [0.29, 0.717) is 5.57 Å². The Balaban J connectivity index is 3.12. The summed E-state index contributed by atoms with van der Waals surface area (Å²) < 4.78 is 0. The molecular formula is C11H16N2O3. The molecule has 0 aromatic rings. The number of urea groups is 1. The number of carbonyl (C=O) groups excluding carboxylic acids is 3. The molecule has 0 aromatic carbocycles. The molecule has 16 heavy (non-hydrogen) atoms. The highest BCUT2D eigenvalue weighted by Gasteiger charge is 2.47. The maximum atomic E-state index is 11.7. The minimum atomic E-state index is -1.29. The van der Waals surface area contributed by atoms with E-state index in [2.05, 4.69) is 10.6 Å². The zero-order valence-corrected chi connectivity index (χ0v) is 9.88. The van der Waals surface area contributed by atoms with Crippen molar-refractivity contribution < 1.29 is 14.4 Å². The molecule has 88 valence electrons. The molecule has 1 rings (SSSR count). The van der Waals surface area contributed by atoms with Gasteiger partial charge in [-0.05, 0) is 19.8 Å². The van der Waals surface area contributed by atoms with Gasteiger partial charge in [-0.1, -0.05) is 25.5 Å². The van der Waals surface area contributed by atoms with Crippen LogP contribution in [0, 0.1) is 11.3 Å². The summed E-state index contributed by atoms with van der Waals surface area (Å²) in [6.45, 7) is 7.14. The first-order valence-corrected chi connectivity index (χ1v) is 5.14. The van der Waals surface area contributed by atoms with Crippen LogP contribution in [0.25, 0.3) is 0 Å². The predicted molar refractivity (Wildman–Crippen MR) is 58.4 cm³/mol. The molecule has 0 radical (unpaired) electrons. The molecule has 1 saturated heterocycles. The molecule has 2 N–H and O–H groups in total. The molecule has 1 fully saturated rings. The summed E-state index contributed by atoms with van der Waals surface area (Å²) in [7, 11) is 0. The molecule has 0 saturated carbocycles. The SMILES string of the molecule is C/C(=C/C(C)C)C1(C)C(=O)NC(=O)NC1=O. The third-order valence-electron chi connectivity index (χ3n) is 2.73. The number of rotatable bonds is 2. The summed E-state index contributed by atoms with van der Waals surface area (Å²) in [5, 5.41) is 4.21. The van der Waals surface area contributed by atoms with Crippen molar-refractivity contribution in [3.8, 4) is 0 Å². The number of hydrogen-bond donors (Lipinski definition) is 2. The quantitative estimate of drug-likeness (QED) is 0.542. The normalized spacial score (nSPS) is 20.8. The lowest BCUT2D eigenvalue weighted by Gasteiger charge is -2.31. The van der Waals surface area contributed by atoms with Crippen molar-refractivity contribution in [1.82, 2.24) is 10.6 Å². The summed E-state index contributed by atoms with van der Waals surface area (Å²) in [5.74, 6) is -0.915. The Morgan fingerprint density at radius 1 is 1.19 bits per heavy atom. The van der Waals surface area contributed by atoms with Crippen LogP contribution in [0.15, 0.2) is 11.6 Å². The number of allylic oxidation sites excluding steroid dienone is 1. The molecule has 0 unspecified atom stereocenters. The summed E-state index contributed by atoms with van der Waals surface area (Å²) in [5.41, 5.74) is -0.650. The highest BCUT2D eigenvalue weighted by molar-refractivity contribution is 6.20. The zero-order chi connectivity index (χ0) is 12.5. The van der Waals surface area contributed by atoms with Gasteiger partial charge in [-0.25, -0.2) is 4.79 Å². The first-order chi connectivity index (χ1) is 7.28. The standard InChI is InChI=1S/C11H16N2O3/c1-6(2)5-7(3)11(4)8(14)12-10(16)13-9(11)15/h5-6H,1-4H3,(H2,12,13,14,15,16)/b7-5-. The third-order valence-corrected chi connectivity index (χ3v) is 2.73. The van der Waals surface area contributed by atoms with E-state index in [9.17, 15) is 14.4 Å². The second kappa shape index (κ2) is 4.08.